The molecule has 0 saturated heterocycles. The Labute approximate surface area is 164 Å². The molecule has 3 aromatic rings. The fourth-order valence-electron chi connectivity index (χ4n) is 2.69. The quantitative estimate of drug-likeness (QED) is 0.589. The first kappa shape index (κ1) is 20.2. The summed E-state index contributed by atoms with van der Waals surface area (Å²) in [6.45, 7) is 0.487. The number of carbonyl (C=O) groups is 1. The number of amides is 2. The highest BCUT2D eigenvalue weighted by Crippen LogP contribution is 2.24. The zero-order valence-corrected chi connectivity index (χ0v) is 15.2. The first-order valence-electron chi connectivity index (χ1n) is 8.71. The Morgan fingerprint density at radius 1 is 1.17 bits per heavy atom. The summed E-state index contributed by atoms with van der Waals surface area (Å²) >= 11 is 0. The third-order valence-corrected chi connectivity index (χ3v) is 3.95. The van der Waals surface area contributed by atoms with E-state index in [0.717, 1.165) is 24.0 Å². The molecule has 0 spiro atoms. The molecule has 2 amide bonds. The molecule has 0 fully saturated rings. The zero-order chi connectivity index (χ0) is 20.9. The van der Waals surface area contributed by atoms with Crippen molar-refractivity contribution in [2.45, 2.75) is 19.2 Å². The van der Waals surface area contributed by atoms with E-state index in [0.29, 0.717) is 18.1 Å². The minimum Gasteiger partial charge on any atom is -0.406 e. The summed E-state index contributed by atoms with van der Waals surface area (Å²) in [7, 11) is 0. The second kappa shape index (κ2) is 8.63. The fraction of sp³-hybridized carbons (Fsp3) is 0.211. The molecule has 0 radical (unpaired) electrons. The molecule has 2 aromatic carbocycles. The molecule has 152 valence electrons. The van der Waals surface area contributed by atoms with Gasteiger partial charge in [-0.2, -0.15) is 0 Å². The third kappa shape index (κ3) is 5.96. The van der Waals surface area contributed by atoms with Gasteiger partial charge in [-0.3, -0.25) is 0 Å². The number of nitrogens with zero attached hydrogens (tertiary/aromatic N) is 3. The van der Waals surface area contributed by atoms with Gasteiger partial charge in [0.15, 0.2) is 5.82 Å². The first-order chi connectivity index (χ1) is 13.8. The van der Waals surface area contributed by atoms with Crippen LogP contribution in [0.1, 0.15) is 12.0 Å². The van der Waals surface area contributed by atoms with E-state index >= 15 is 0 Å². The summed E-state index contributed by atoms with van der Waals surface area (Å²) in [5, 5.41) is 6.92. The van der Waals surface area contributed by atoms with Crippen LogP contribution < -0.4 is 15.8 Å². The van der Waals surface area contributed by atoms with E-state index in [1.807, 2.05) is 24.3 Å². The smallest absolute Gasteiger partial charge is 0.406 e. The maximum atomic E-state index is 12.2. The summed E-state index contributed by atoms with van der Waals surface area (Å²) in [6, 6.07) is 12.5. The van der Waals surface area contributed by atoms with Gasteiger partial charge in [-0.05, 0) is 48.7 Å². The van der Waals surface area contributed by atoms with Crippen LogP contribution in [0, 0.1) is 0 Å². The number of urea groups is 1. The minimum atomic E-state index is -4.73. The number of hydrogen-bond donors (Lipinski definition) is 2. The third-order valence-electron chi connectivity index (χ3n) is 3.95. The SMILES string of the molecule is NC(=O)NCCCc1cccc(-c2ncn(-c3ccc(OC(F)(F)F)cc3)n2)c1. The molecule has 7 nitrogen and oxygen atoms in total. The van der Waals surface area contributed by atoms with E-state index in [2.05, 4.69) is 20.1 Å². The number of alkyl halides is 3. The van der Waals surface area contributed by atoms with Crippen molar-refractivity contribution >= 4 is 6.03 Å². The number of primary amides is 1. The minimum absolute atomic E-state index is 0.305. The molecule has 0 atom stereocenters. The lowest BCUT2D eigenvalue weighted by atomic mass is 10.1. The molecule has 0 aliphatic heterocycles. The number of aryl methyl sites for hydroxylation is 1. The summed E-state index contributed by atoms with van der Waals surface area (Å²) in [4.78, 5) is 15.0. The average Bonchev–Trinajstić information content (AvgIpc) is 3.15. The number of ether oxygens (including phenoxy) is 1. The molecule has 1 heterocycles. The van der Waals surface area contributed by atoms with Crippen molar-refractivity contribution < 1.29 is 22.7 Å². The van der Waals surface area contributed by atoms with E-state index < -0.39 is 12.4 Å². The van der Waals surface area contributed by atoms with Crippen LogP contribution in [0.4, 0.5) is 18.0 Å². The predicted molar refractivity (Wildman–Crippen MR) is 99.4 cm³/mol. The fourth-order valence-corrected chi connectivity index (χ4v) is 2.69. The Morgan fingerprint density at radius 2 is 1.93 bits per heavy atom. The van der Waals surface area contributed by atoms with Crippen molar-refractivity contribution in [2.75, 3.05) is 6.54 Å². The molecule has 0 aliphatic carbocycles. The molecular formula is C19H18F3N5O2. The van der Waals surface area contributed by atoms with E-state index in [1.165, 1.54) is 35.3 Å². The Balaban J connectivity index is 1.68. The van der Waals surface area contributed by atoms with Crippen LogP contribution in [-0.2, 0) is 6.42 Å². The van der Waals surface area contributed by atoms with Gasteiger partial charge < -0.3 is 15.8 Å². The highest BCUT2D eigenvalue weighted by molar-refractivity contribution is 5.71. The van der Waals surface area contributed by atoms with Gasteiger partial charge in [0.05, 0.1) is 5.69 Å². The van der Waals surface area contributed by atoms with Crippen molar-refractivity contribution in [1.82, 2.24) is 20.1 Å². The standard InChI is InChI=1S/C19H18F3N5O2/c20-19(21,22)29-16-8-6-15(7-9-16)27-12-25-17(26-27)14-5-1-3-13(11-14)4-2-10-24-18(23)28/h1,3,5-9,11-12H,2,4,10H2,(H3,23,24,28). The largest absolute Gasteiger partial charge is 0.573 e. The Hall–Kier alpha value is -3.56. The van der Waals surface area contributed by atoms with E-state index in [1.54, 1.807) is 0 Å². The lowest BCUT2D eigenvalue weighted by Gasteiger charge is -2.09. The summed E-state index contributed by atoms with van der Waals surface area (Å²) < 4.78 is 42.1. The van der Waals surface area contributed by atoms with Crippen LogP contribution in [-0.4, -0.2) is 33.7 Å². The maximum absolute atomic E-state index is 12.2. The topological polar surface area (TPSA) is 95.1 Å². The molecular weight excluding hydrogens is 387 g/mol. The van der Waals surface area contributed by atoms with E-state index in [-0.39, 0.29) is 5.75 Å². The number of hydrogen-bond acceptors (Lipinski definition) is 4. The second-order valence-corrected chi connectivity index (χ2v) is 6.15. The van der Waals surface area contributed by atoms with Crippen LogP contribution in [0.5, 0.6) is 5.75 Å². The van der Waals surface area contributed by atoms with Gasteiger partial charge in [-0.25, -0.2) is 14.5 Å². The molecule has 1 aromatic heterocycles. The normalized spacial score (nSPS) is 11.3. The number of benzene rings is 2. The summed E-state index contributed by atoms with van der Waals surface area (Å²) in [5.41, 5.74) is 7.44. The molecule has 3 rings (SSSR count). The van der Waals surface area contributed by atoms with Crippen molar-refractivity contribution in [2.24, 2.45) is 5.73 Å². The molecule has 29 heavy (non-hydrogen) atoms. The van der Waals surface area contributed by atoms with Gasteiger partial charge in [0.25, 0.3) is 0 Å². The van der Waals surface area contributed by atoms with Crippen molar-refractivity contribution in [3.05, 3.63) is 60.4 Å². The van der Waals surface area contributed by atoms with E-state index in [9.17, 15) is 18.0 Å². The lowest BCUT2D eigenvalue weighted by molar-refractivity contribution is -0.274. The number of nitrogens with one attached hydrogen (secondary N) is 1. The summed E-state index contributed by atoms with van der Waals surface area (Å²) in [5.74, 6) is 0.179. The van der Waals surface area contributed by atoms with E-state index in [4.69, 9.17) is 5.73 Å². The van der Waals surface area contributed by atoms with Crippen molar-refractivity contribution in [3.63, 3.8) is 0 Å². The average molecular weight is 405 g/mol. The zero-order valence-electron chi connectivity index (χ0n) is 15.2. The van der Waals surface area contributed by atoms with Crippen molar-refractivity contribution in [1.29, 1.82) is 0 Å². The van der Waals surface area contributed by atoms with Crippen molar-refractivity contribution in [3.8, 4) is 22.8 Å². The molecule has 0 bridgehead atoms. The van der Waals surface area contributed by atoms with Gasteiger partial charge in [-0.1, -0.05) is 18.2 Å². The van der Waals surface area contributed by atoms with Crippen LogP contribution in [0.2, 0.25) is 0 Å². The van der Waals surface area contributed by atoms with Gasteiger partial charge >= 0.3 is 12.4 Å². The molecule has 0 saturated carbocycles. The highest BCUT2D eigenvalue weighted by Gasteiger charge is 2.30. The van der Waals surface area contributed by atoms with Gasteiger partial charge in [0.2, 0.25) is 0 Å². The predicted octanol–water partition coefficient (Wildman–Crippen LogP) is 3.43. The van der Waals surface area contributed by atoms with Gasteiger partial charge in [0, 0.05) is 12.1 Å². The van der Waals surface area contributed by atoms with Crippen LogP contribution >= 0.6 is 0 Å². The molecule has 0 aliphatic rings. The Morgan fingerprint density at radius 3 is 2.62 bits per heavy atom. The first-order valence-corrected chi connectivity index (χ1v) is 8.71. The highest BCUT2D eigenvalue weighted by atomic mass is 19.4. The van der Waals surface area contributed by atoms with Gasteiger partial charge in [-0.15, -0.1) is 18.3 Å². The lowest BCUT2D eigenvalue weighted by Crippen LogP contribution is -2.30. The molecule has 3 N–H and O–H groups in total. The summed E-state index contributed by atoms with van der Waals surface area (Å²) in [6.07, 6.45) is -1.77. The molecule has 0 unspecified atom stereocenters. The van der Waals surface area contributed by atoms with Crippen LogP contribution in [0.3, 0.4) is 0 Å². The van der Waals surface area contributed by atoms with Gasteiger partial charge in [0.1, 0.15) is 12.1 Å². The monoisotopic (exact) mass is 405 g/mol. The number of aromatic nitrogens is 3. The number of rotatable bonds is 7. The number of carbonyl (C=O) groups excluding carboxylic acids is 1. The van der Waals surface area contributed by atoms with Crippen LogP contribution in [0.25, 0.3) is 17.1 Å². The number of halogens is 3. The molecule has 10 heteroatoms. The second-order valence-electron chi connectivity index (χ2n) is 6.15. The van der Waals surface area contributed by atoms with Crippen LogP contribution in [0.15, 0.2) is 54.9 Å². The number of nitrogens with two attached hydrogens (primary N) is 1. The Bertz CT molecular complexity index is 970. The Kier molecular flexibility index (Phi) is 6.01. The maximum Gasteiger partial charge on any atom is 0.573 e.